The Morgan fingerprint density at radius 1 is 1.57 bits per heavy atom. The Morgan fingerprint density at radius 3 is 2.86 bits per heavy atom. The first-order chi connectivity index (χ1) is 6.69. The maximum absolute atomic E-state index is 11.4. The second-order valence-electron chi connectivity index (χ2n) is 3.97. The maximum Gasteiger partial charge on any atom is 0.316 e. The number of ether oxygens (including phenoxy) is 1. The standard InChI is InChI=1S/C11H18O3/c1-3-4-8-5-6-10(12)9(7-8)11(13)14-2/h8-9H,3-7H2,1-2H3/t8-,9-/m0/s1. The van der Waals surface area contributed by atoms with Crippen LogP contribution in [0.25, 0.3) is 0 Å². The lowest BCUT2D eigenvalue weighted by Crippen LogP contribution is -2.32. The highest BCUT2D eigenvalue weighted by molar-refractivity contribution is 5.99. The summed E-state index contributed by atoms with van der Waals surface area (Å²) in [5, 5.41) is 0. The van der Waals surface area contributed by atoms with E-state index in [2.05, 4.69) is 11.7 Å². The zero-order chi connectivity index (χ0) is 10.6. The van der Waals surface area contributed by atoms with Crippen molar-refractivity contribution in [3.63, 3.8) is 0 Å². The van der Waals surface area contributed by atoms with Crippen LogP contribution in [0.5, 0.6) is 0 Å². The van der Waals surface area contributed by atoms with Crippen molar-refractivity contribution >= 4 is 11.8 Å². The Balaban J connectivity index is 2.55. The van der Waals surface area contributed by atoms with Gasteiger partial charge in [0.05, 0.1) is 7.11 Å². The number of hydrogen-bond acceptors (Lipinski definition) is 3. The van der Waals surface area contributed by atoms with Crippen LogP contribution in [-0.4, -0.2) is 18.9 Å². The monoisotopic (exact) mass is 198 g/mol. The van der Waals surface area contributed by atoms with Crippen molar-refractivity contribution in [2.24, 2.45) is 11.8 Å². The van der Waals surface area contributed by atoms with Crippen LogP contribution in [0.15, 0.2) is 0 Å². The Bertz CT molecular complexity index is 215. The van der Waals surface area contributed by atoms with Crippen LogP contribution in [0.1, 0.15) is 39.0 Å². The number of methoxy groups -OCH3 is 1. The molecule has 1 aliphatic rings. The van der Waals surface area contributed by atoms with Gasteiger partial charge in [-0.1, -0.05) is 19.8 Å². The summed E-state index contributed by atoms with van der Waals surface area (Å²) in [5.41, 5.74) is 0. The van der Waals surface area contributed by atoms with Crippen LogP contribution in [0.2, 0.25) is 0 Å². The molecule has 0 aromatic heterocycles. The van der Waals surface area contributed by atoms with Crippen molar-refractivity contribution in [1.29, 1.82) is 0 Å². The van der Waals surface area contributed by atoms with Crippen LogP contribution in [0.4, 0.5) is 0 Å². The summed E-state index contributed by atoms with van der Waals surface area (Å²) in [6.45, 7) is 2.13. The summed E-state index contributed by atoms with van der Waals surface area (Å²) in [6, 6.07) is 0. The minimum absolute atomic E-state index is 0.0594. The Hall–Kier alpha value is -0.860. The van der Waals surface area contributed by atoms with E-state index in [0.717, 1.165) is 19.3 Å². The third-order valence-corrected chi connectivity index (χ3v) is 2.94. The SMILES string of the molecule is CCC[C@H]1CCC(=O)[C@@H](C(=O)OC)C1. The van der Waals surface area contributed by atoms with E-state index in [1.807, 2.05) is 0 Å². The lowest BCUT2D eigenvalue weighted by atomic mass is 9.78. The van der Waals surface area contributed by atoms with Crippen molar-refractivity contribution in [3.8, 4) is 0 Å². The molecule has 3 heteroatoms. The lowest BCUT2D eigenvalue weighted by molar-refractivity contribution is -0.151. The zero-order valence-electron chi connectivity index (χ0n) is 8.91. The van der Waals surface area contributed by atoms with Crippen LogP contribution < -0.4 is 0 Å². The molecule has 0 radical (unpaired) electrons. The largest absolute Gasteiger partial charge is 0.468 e. The van der Waals surface area contributed by atoms with Gasteiger partial charge in [-0.05, 0) is 18.8 Å². The fourth-order valence-electron chi connectivity index (χ4n) is 2.14. The number of carbonyl (C=O) groups excluding carboxylic acids is 2. The van der Waals surface area contributed by atoms with Crippen molar-refractivity contribution in [2.75, 3.05) is 7.11 Å². The van der Waals surface area contributed by atoms with E-state index in [1.54, 1.807) is 0 Å². The summed E-state index contributed by atoms with van der Waals surface area (Å²) >= 11 is 0. The van der Waals surface area contributed by atoms with E-state index in [9.17, 15) is 9.59 Å². The highest BCUT2D eigenvalue weighted by Crippen LogP contribution is 2.30. The van der Waals surface area contributed by atoms with E-state index in [1.165, 1.54) is 7.11 Å². The summed E-state index contributed by atoms with van der Waals surface area (Å²) < 4.78 is 4.63. The van der Waals surface area contributed by atoms with Gasteiger partial charge in [0.2, 0.25) is 0 Å². The topological polar surface area (TPSA) is 43.4 Å². The van der Waals surface area contributed by atoms with Gasteiger partial charge in [0.25, 0.3) is 0 Å². The van der Waals surface area contributed by atoms with Gasteiger partial charge in [-0.15, -0.1) is 0 Å². The third kappa shape index (κ3) is 2.56. The second-order valence-corrected chi connectivity index (χ2v) is 3.97. The molecular weight excluding hydrogens is 180 g/mol. The fraction of sp³-hybridized carbons (Fsp3) is 0.818. The van der Waals surface area contributed by atoms with Crippen LogP contribution in [0.3, 0.4) is 0 Å². The maximum atomic E-state index is 11.4. The van der Waals surface area contributed by atoms with E-state index in [-0.39, 0.29) is 11.8 Å². The summed E-state index contributed by atoms with van der Waals surface area (Å²) in [5.74, 6) is -0.243. The van der Waals surface area contributed by atoms with Gasteiger partial charge in [-0.2, -0.15) is 0 Å². The van der Waals surface area contributed by atoms with Crippen molar-refractivity contribution < 1.29 is 14.3 Å². The van der Waals surface area contributed by atoms with Crippen LogP contribution in [-0.2, 0) is 14.3 Å². The summed E-state index contributed by atoms with van der Waals surface area (Å²) in [4.78, 5) is 22.7. The second kappa shape index (κ2) is 5.13. The Labute approximate surface area is 84.8 Å². The number of rotatable bonds is 3. The summed E-state index contributed by atoms with van der Waals surface area (Å²) in [6.07, 6.45) is 4.41. The zero-order valence-corrected chi connectivity index (χ0v) is 8.91. The number of Topliss-reactive ketones (excluding diaryl/α,β-unsaturated/α-hetero) is 1. The number of hydrogen-bond donors (Lipinski definition) is 0. The Kier molecular flexibility index (Phi) is 4.11. The van der Waals surface area contributed by atoms with Gasteiger partial charge in [0.1, 0.15) is 11.7 Å². The predicted octanol–water partition coefficient (Wildman–Crippen LogP) is 1.94. The average molecular weight is 198 g/mol. The molecule has 0 bridgehead atoms. The molecule has 0 spiro atoms. The minimum atomic E-state index is -0.481. The van der Waals surface area contributed by atoms with Crippen LogP contribution in [0, 0.1) is 11.8 Å². The predicted molar refractivity (Wildman–Crippen MR) is 52.8 cm³/mol. The first-order valence-electron chi connectivity index (χ1n) is 5.29. The van der Waals surface area contributed by atoms with E-state index < -0.39 is 5.92 Å². The Morgan fingerprint density at radius 2 is 2.29 bits per heavy atom. The molecule has 0 amide bonds. The molecule has 0 aromatic rings. The molecule has 0 saturated heterocycles. The van der Waals surface area contributed by atoms with Gasteiger partial charge >= 0.3 is 5.97 Å². The molecule has 0 N–H and O–H groups in total. The lowest BCUT2D eigenvalue weighted by Gasteiger charge is -2.25. The number of esters is 1. The highest BCUT2D eigenvalue weighted by Gasteiger charge is 2.33. The molecule has 14 heavy (non-hydrogen) atoms. The average Bonchev–Trinajstić information content (AvgIpc) is 2.20. The first kappa shape index (κ1) is 11.2. The molecule has 0 aliphatic heterocycles. The van der Waals surface area contributed by atoms with Crippen molar-refractivity contribution in [1.82, 2.24) is 0 Å². The van der Waals surface area contributed by atoms with Crippen LogP contribution >= 0.6 is 0 Å². The number of ketones is 1. The van der Waals surface area contributed by atoms with Gasteiger partial charge in [0, 0.05) is 6.42 Å². The third-order valence-electron chi connectivity index (χ3n) is 2.94. The minimum Gasteiger partial charge on any atom is -0.468 e. The number of carbonyl (C=O) groups is 2. The molecule has 0 unspecified atom stereocenters. The molecule has 3 nitrogen and oxygen atoms in total. The van der Waals surface area contributed by atoms with E-state index in [0.29, 0.717) is 18.8 Å². The van der Waals surface area contributed by atoms with Gasteiger partial charge < -0.3 is 4.74 Å². The van der Waals surface area contributed by atoms with Gasteiger partial charge in [-0.3, -0.25) is 9.59 Å². The first-order valence-corrected chi connectivity index (χ1v) is 5.29. The molecule has 1 rings (SSSR count). The smallest absolute Gasteiger partial charge is 0.316 e. The van der Waals surface area contributed by atoms with Crippen molar-refractivity contribution in [2.45, 2.75) is 39.0 Å². The van der Waals surface area contributed by atoms with Gasteiger partial charge in [-0.25, -0.2) is 0 Å². The van der Waals surface area contributed by atoms with Crippen molar-refractivity contribution in [3.05, 3.63) is 0 Å². The quantitative estimate of drug-likeness (QED) is 0.514. The molecule has 0 aromatic carbocycles. The normalized spacial score (nSPS) is 27.4. The van der Waals surface area contributed by atoms with E-state index >= 15 is 0 Å². The molecule has 80 valence electrons. The molecule has 0 heterocycles. The van der Waals surface area contributed by atoms with Gasteiger partial charge in [0.15, 0.2) is 0 Å². The molecule has 1 aliphatic carbocycles. The molecule has 2 atom stereocenters. The molecule has 1 fully saturated rings. The summed E-state index contributed by atoms with van der Waals surface area (Å²) in [7, 11) is 1.35. The highest BCUT2D eigenvalue weighted by atomic mass is 16.5. The molecule has 1 saturated carbocycles. The molecular formula is C11H18O3. The van der Waals surface area contributed by atoms with E-state index in [4.69, 9.17) is 0 Å². The fourth-order valence-corrected chi connectivity index (χ4v) is 2.14.